The highest BCUT2D eigenvalue weighted by atomic mass is 19.1. The highest BCUT2D eigenvalue weighted by Crippen LogP contribution is 2.25. The highest BCUT2D eigenvalue weighted by Gasteiger charge is 2.07. The van der Waals surface area contributed by atoms with Gasteiger partial charge in [0.05, 0.1) is 6.10 Å². The average Bonchev–Trinajstić information content (AvgIpc) is 2.32. The van der Waals surface area contributed by atoms with Crippen LogP contribution in [0.4, 0.5) is 4.39 Å². The van der Waals surface area contributed by atoms with Gasteiger partial charge in [-0.2, -0.15) is 0 Å². The number of nitrogens with zero attached hydrogens (tertiary/aromatic N) is 1. The monoisotopic (exact) mass is 231 g/mol. The number of aromatic nitrogens is 1. The zero-order valence-corrected chi connectivity index (χ0v) is 9.85. The van der Waals surface area contributed by atoms with Crippen LogP contribution >= 0.6 is 0 Å². The predicted octanol–water partition coefficient (Wildman–Crippen LogP) is 3.67. The summed E-state index contributed by atoms with van der Waals surface area (Å²) in [4.78, 5) is 4.01. The molecule has 0 bridgehead atoms. The van der Waals surface area contributed by atoms with Crippen molar-refractivity contribution in [3.8, 4) is 16.9 Å². The number of hydrogen-bond acceptors (Lipinski definition) is 2. The van der Waals surface area contributed by atoms with E-state index in [2.05, 4.69) is 4.98 Å². The molecule has 0 aliphatic rings. The molecular formula is C14H14FNO. The van der Waals surface area contributed by atoms with E-state index >= 15 is 0 Å². The number of rotatable bonds is 3. The van der Waals surface area contributed by atoms with Crippen molar-refractivity contribution in [2.24, 2.45) is 0 Å². The quantitative estimate of drug-likeness (QED) is 0.804. The van der Waals surface area contributed by atoms with Crippen LogP contribution in [0.2, 0.25) is 0 Å². The summed E-state index contributed by atoms with van der Waals surface area (Å²) in [6.07, 6.45) is 3.36. The van der Waals surface area contributed by atoms with E-state index in [9.17, 15) is 4.39 Å². The first kappa shape index (κ1) is 11.6. The third-order valence-electron chi connectivity index (χ3n) is 2.29. The van der Waals surface area contributed by atoms with Crippen LogP contribution in [-0.4, -0.2) is 11.1 Å². The fourth-order valence-electron chi connectivity index (χ4n) is 1.56. The largest absolute Gasteiger partial charge is 0.488 e. The maximum atomic E-state index is 13.8. The Labute approximate surface area is 100 Å². The maximum Gasteiger partial charge on any atom is 0.165 e. The first-order valence-electron chi connectivity index (χ1n) is 5.53. The summed E-state index contributed by atoms with van der Waals surface area (Å²) in [6.45, 7) is 3.74. The Morgan fingerprint density at radius 2 is 2.00 bits per heavy atom. The molecule has 0 saturated heterocycles. The molecule has 0 aliphatic heterocycles. The second kappa shape index (κ2) is 4.95. The molecule has 0 radical (unpaired) electrons. The summed E-state index contributed by atoms with van der Waals surface area (Å²) >= 11 is 0. The lowest BCUT2D eigenvalue weighted by Crippen LogP contribution is -2.06. The summed E-state index contributed by atoms with van der Waals surface area (Å²) in [6, 6.07) is 8.67. The smallest absolute Gasteiger partial charge is 0.165 e. The van der Waals surface area contributed by atoms with E-state index in [0.29, 0.717) is 0 Å². The summed E-state index contributed by atoms with van der Waals surface area (Å²) in [7, 11) is 0. The molecule has 2 nitrogen and oxygen atoms in total. The normalized spacial score (nSPS) is 10.6. The SMILES string of the molecule is CC(C)Oc1ccc(-c2cccnc2)cc1F. The molecule has 0 N–H and O–H groups in total. The van der Waals surface area contributed by atoms with Crippen molar-refractivity contribution in [2.45, 2.75) is 20.0 Å². The Kier molecular flexibility index (Phi) is 3.38. The summed E-state index contributed by atoms with van der Waals surface area (Å²) in [5.74, 6) is -0.0623. The zero-order valence-electron chi connectivity index (χ0n) is 9.85. The topological polar surface area (TPSA) is 22.1 Å². The van der Waals surface area contributed by atoms with Crippen LogP contribution in [0.25, 0.3) is 11.1 Å². The van der Waals surface area contributed by atoms with Gasteiger partial charge in [0.15, 0.2) is 11.6 Å². The van der Waals surface area contributed by atoms with Gasteiger partial charge in [-0.3, -0.25) is 4.98 Å². The van der Waals surface area contributed by atoms with Gasteiger partial charge in [0.25, 0.3) is 0 Å². The second-order valence-corrected chi connectivity index (χ2v) is 4.05. The van der Waals surface area contributed by atoms with Crippen LogP contribution < -0.4 is 4.74 Å². The Balaban J connectivity index is 2.31. The van der Waals surface area contributed by atoms with Gasteiger partial charge >= 0.3 is 0 Å². The third kappa shape index (κ3) is 2.81. The molecule has 0 spiro atoms. The van der Waals surface area contributed by atoms with Gasteiger partial charge in [-0.1, -0.05) is 12.1 Å². The van der Waals surface area contributed by atoms with Crippen molar-refractivity contribution in [1.29, 1.82) is 0 Å². The van der Waals surface area contributed by atoms with Crippen molar-refractivity contribution >= 4 is 0 Å². The minimum atomic E-state index is -0.347. The van der Waals surface area contributed by atoms with Crippen LogP contribution in [-0.2, 0) is 0 Å². The van der Waals surface area contributed by atoms with Crippen molar-refractivity contribution < 1.29 is 9.13 Å². The number of halogens is 1. The fraction of sp³-hybridized carbons (Fsp3) is 0.214. The minimum Gasteiger partial charge on any atom is -0.488 e. The van der Waals surface area contributed by atoms with Gasteiger partial charge in [-0.05, 0) is 37.6 Å². The van der Waals surface area contributed by atoms with E-state index in [4.69, 9.17) is 4.74 Å². The van der Waals surface area contributed by atoms with E-state index in [-0.39, 0.29) is 17.7 Å². The predicted molar refractivity (Wildman–Crippen MR) is 65.4 cm³/mol. The first-order chi connectivity index (χ1) is 8.16. The molecule has 0 aliphatic carbocycles. The molecule has 1 heterocycles. The molecule has 2 rings (SSSR count). The van der Waals surface area contributed by atoms with Crippen molar-refractivity contribution in [2.75, 3.05) is 0 Å². The van der Waals surface area contributed by atoms with E-state index in [0.717, 1.165) is 11.1 Å². The molecule has 3 heteroatoms. The zero-order chi connectivity index (χ0) is 12.3. The molecule has 0 fully saturated rings. The van der Waals surface area contributed by atoms with Gasteiger partial charge in [-0.25, -0.2) is 4.39 Å². The third-order valence-corrected chi connectivity index (χ3v) is 2.29. The number of pyridine rings is 1. The van der Waals surface area contributed by atoms with Crippen LogP contribution in [0.3, 0.4) is 0 Å². The first-order valence-corrected chi connectivity index (χ1v) is 5.53. The summed E-state index contributed by atoms with van der Waals surface area (Å²) in [5.41, 5.74) is 1.69. The van der Waals surface area contributed by atoms with Crippen LogP contribution in [0.15, 0.2) is 42.7 Å². The molecule has 0 saturated carbocycles. The van der Waals surface area contributed by atoms with Gasteiger partial charge in [0, 0.05) is 18.0 Å². The number of benzene rings is 1. The van der Waals surface area contributed by atoms with Crippen molar-refractivity contribution in [1.82, 2.24) is 4.98 Å². The van der Waals surface area contributed by atoms with Gasteiger partial charge in [0.1, 0.15) is 0 Å². The molecule has 17 heavy (non-hydrogen) atoms. The molecule has 1 aromatic carbocycles. The number of ether oxygens (including phenoxy) is 1. The van der Waals surface area contributed by atoms with Crippen LogP contribution in [0, 0.1) is 5.82 Å². The lowest BCUT2D eigenvalue weighted by Gasteiger charge is -2.11. The second-order valence-electron chi connectivity index (χ2n) is 4.05. The minimum absolute atomic E-state index is 0.0336. The van der Waals surface area contributed by atoms with Crippen molar-refractivity contribution in [3.63, 3.8) is 0 Å². The van der Waals surface area contributed by atoms with E-state index in [1.165, 1.54) is 6.07 Å². The fourth-order valence-corrected chi connectivity index (χ4v) is 1.56. The van der Waals surface area contributed by atoms with Crippen molar-refractivity contribution in [3.05, 3.63) is 48.5 Å². The van der Waals surface area contributed by atoms with Gasteiger partial charge in [0.2, 0.25) is 0 Å². The summed E-state index contributed by atoms with van der Waals surface area (Å²) < 4.78 is 19.1. The molecule has 88 valence electrons. The molecule has 0 unspecified atom stereocenters. The van der Waals surface area contributed by atoms with E-state index < -0.39 is 0 Å². The maximum absolute atomic E-state index is 13.8. The molecule has 0 amide bonds. The molecule has 0 atom stereocenters. The highest BCUT2D eigenvalue weighted by molar-refractivity contribution is 5.63. The van der Waals surface area contributed by atoms with E-state index in [1.54, 1.807) is 18.5 Å². The Bertz CT molecular complexity index is 497. The summed E-state index contributed by atoms with van der Waals surface area (Å²) in [5, 5.41) is 0. The molecule has 2 aromatic rings. The standard InChI is InChI=1S/C14H14FNO/c1-10(2)17-14-6-5-11(8-13(14)15)12-4-3-7-16-9-12/h3-10H,1-2H3. The lowest BCUT2D eigenvalue weighted by atomic mass is 10.1. The Morgan fingerprint density at radius 1 is 1.18 bits per heavy atom. The Morgan fingerprint density at radius 3 is 2.59 bits per heavy atom. The average molecular weight is 231 g/mol. The molecule has 1 aromatic heterocycles. The molecular weight excluding hydrogens is 217 g/mol. The van der Waals surface area contributed by atoms with Crippen LogP contribution in [0.5, 0.6) is 5.75 Å². The van der Waals surface area contributed by atoms with Gasteiger partial charge < -0.3 is 4.74 Å². The lowest BCUT2D eigenvalue weighted by molar-refractivity contribution is 0.231. The van der Waals surface area contributed by atoms with E-state index in [1.807, 2.05) is 32.0 Å². The van der Waals surface area contributed by atoms with Gasteiger partial charge in [-0.15, -0.1) is 0 Å². The Hall–Kier alpha value is -1.90. The van der Waals surface area contributed by atoms with Crippen LogP contribution in [0.1, 0.15) is 13.8 Å². The number of hydrogen-bond donors (Lipinski definition) is 0.